The Balaban J connectivity index is 2.59. The van der Waals surface area contributed by atoms with Crippen LogP contribution in [0.1, 0.15) is 53.3 Å². The Morgan fingerprint density at radius 2 is 1.89 bits per heavy atom. The van der Waals surface area contributed by atoms with Crippen LogP contribution >= 0.6 is 0 Å². The van der Waals surface area contributed by atoms with Crippen molar-refractivity contribution in [1.82, 2.24) is 20.1 Å². The normalized spacial score (nSPS) is 13.4. The van der Waals surface area contributed by atoms with Gasteiger partial charge in [-0.05, 0) is 31.2 Å². The minimum atomic E-state index is 0.516. The molecule has 0 aromatic carbocycles. The summed E-state index contributed by atoms with van der Waals surface area (Å²) in [5.74, 6) is 2.48. The van der Waals surface area contributed by atoms with Crippen molar-refractivity contribution >= 4 is 0 Å². The second-order valence-electron chi connectivity index (χ2n) is 6.18. The van der Waals surface area contributed by atoms with Crippen LogP contribution in [0.25, 0.3) is 0 Å². The Bertz CT molecular complexity index is 344. The number of nitrogens with one attached hydrogen (secondary N) is 1. The molecule has 1 N–H and O–H groups in total. The molecule has 0 saturated heterocycles. The van der Waals surface area contributed by atoms with Gasteiger partial charge in [0.15, 0.2) is 0 Å². The highest BCUT2D eigenvalue weighted by molar-refractivity contribution is 4.90. The lowest BCUT2D eigenvalue weighted by molar-refractivity contribution is 0.408. The molecule has 0 spiro atoms. The van der Waals surface area contributed by atoms with Crippen molar-refractivity contribution in [2.75, 3.05) is 6.54 Å². The van der Waals surface area contributed by atoms with Crippen LogP contribution in [0.5, 0.6) is 0 Å². The first-order valence-electron chi connectivity index (χ1n) is 7.63. The van der Waals surface area contributed by atoms with Gasteiger partial charge >= 0.3 is 0 Å². The molecular formula is C15H30N4. The third kappa shape index (κ3) is 6.19. The van der Waals surface area contributed by atoms with Gasteiger partial charge in [0.05, 0.1) is 0 Å². The largest absolute Gasteiger partial charge is 0.314 e. The molecule has 0 bridgehead atoms. The number of hydrogen-bond donors (Lipinski definition) is 1. The molecule has 1 aromatic heterocycles. The van der Waals surface area contributed by atoms with Crippen molar-refractivity contribution in [1.29, 1.82) is 0 Å². The van der Waals surface area contributed by atoms with E-state index in [4.69, 9.17) is 0 Å². The fourth-order valence-corrected chi connectivity index (χ4v) is 2.26. The van der Waals surface area contributed by atoms with Gasteiger partial charge in [-0.2, -0.15) is 5.10 Å². The van der Waals surface area contributed by atoms with E-state index in [1.54, 1.807) is 6.33 Å². The maximum absolute atomic E-state index is 4.43. The van der Waals surface area contributed by atoms with Gasteiger partial charge in [0.25, 0.3) is 0 Å². The molecule has 0 radical (unpaired) electrons. The van der Waals surface area contributed by atoms with Crippen molar-refractivity contribution in [3.8, 4) is 0 Å². The Hall–Kier alpha value is -0.900. The lowest BCUT2D eigenvalue weighted by Gasteiger charge is -2.19. The van der Waals surface area contributed by atoms with Gasteiger partial charge in [0.1, 0.15) is 12.2 Å². The van der Waals surface area contributed by atoms with E-state index in [1.807, 2.05) is 0 Å². The first-order chi connectivity index (χ1) is 9.02. The molecule has 1 aromatic rings. The maximum Gasteiger partial charge on any atom is 0.138 e. The van der Waals surface area contributed by atoms with Crippen LogP contribution in [-0.4, -0.2) is 27.4 Å². The van der Waals surface area contributed by atoms with E-state index in [-0.39, 0.29) is 0 Å². The molecule has 1 atom stereocenters. The molecule has 1 heterocycles. The van der Waals surface area contributed by atoms with Crippen molar-refractivity contribution in [3.05, 3.63) is 12.2 Å². The smallest absolute Gasteiger partial charge is 0.138 e. The van der Waals surface area contributed by atoms with Crippen molar-refractivity contribution < 1.29 is 0 Å². The van der Waals surface area contributed by atoms with Crippen LogP contribution in [0.2, 0.25) is 0 Å². The summed E-state index contributed by atoms with van der Waals surface area (Å²) < 4.78 is 2.06. The zero-order valence-electron chi connectivity index (χ0n) is 13.2. The van der Waals surface area contributed by atoms with Crippen molar-refractivity contribution in [2.45, 2.75) is 66.5 Å². The Kier molecular flexibility index (Phi) is 7.06. The van der Waals surface area contributed by atoms with Crippen LogP contribution in [0.3, 0.4) is 0 Å². The van der Waals surface area contributed by atoms with Crippen LogP contribution in [0.4, 0.5) is 0 Å². The molecule has 110 valence electrons. The van der Waals surface area contributed by atoms with Crippen LogP contribution in [0.15, 0.2) is 6.33 Å². The highest BCUT2D eigenvalue weighted by Gasteiger charge is 2.14. The molecule has 1 unspecified atom stereocenters. The molecular weight excluding hydrogens is 236 g/mol. The number of likely N-dealkylation sites (N-methyl/N-ethyl adjacent to an activating group) is 1. The van der Waals surface area contributed by atoms with Gasteiger partial charge in [-0.3, -0.25) is 0 Å². The maximum atomic E-state index is 4.43. The van der Waals surface area contributed by atoms with Crippen molar-refractivity contribution in [2.24, 2.45) is 11.8 Å². The topological polar surface area (TPSA) is 42.7 Å². The average molecular weight is 266 g/mol. The van der Waals surface area contributed by atoms with Gasteiger partial charge in [-0.25, -0.2) is 9.67 Å². The van der Waals surface area contributed by atoms with Crippen LogP contribution in [-0.2, 0) is 13.0 Å². The molecule has 19 heavy (non-hydrogen) atoms. The summed E-state index contributed by atoms with van der Waals surface area (Å²) in [6, 6.07) is 0.516. The minimum Gasteiger partial charge on any atom is -0.314 e. The molecule has 0 aliphatic heterocycles. The summed E-state index contributed by atoms with van der Waals surface area (Å²) in [6.45, 7) is 13.1. The van der Waals surface area contributed by atoms with E-state index in [2.05, 4.69) is 54.7 Å². The van der Waals surface area contributed by atoms with E-state index in [1.165, 1.54) is 12.8 Å². The quantitative estimate of drug-likeness (QED) is 0.747. The lowest BCUT2D eigenvalue weighted by atomic mass is 10.0. The molecule has 0 fully saturated rings. The molecule has 0 aliphatic carbocycles. The summed E-state index contributed by atoms with van der Waals surface area (Å²) >= 11 is 0. The first-order valence-corrected chi connectivity index (χ1v) is 7.63. The zero-order valence-corrected chi connectivity index (χ0v) is 13.2. The van der Waals surface area contributed by atoms with Crippen LogP contribution in [0, 0.1) is 11.8 Å². The first kappa shape index (κ1) is 16.2. The van der Waals surface area contributed by atoms with Gasteiger partial charge in [-0.1, -0.05) is 34.6 Å². The van der Waals surface area contributed by atoms with Gasteiger partial charge < -0.3 is 5.32 Å². The SMILES string of the molecule is CCNC(CCC(C)C)Cc1ncnn1CC(C)C. The number of rotatable bonds is 9. The highest BCUT2D eigenvalue weighted by Crippen LogP contribution is 2.11. The van der Waals surface area contributed by atoms with E-state index in [0.717, 1.165) is 31.3 Å². The molecule has 4 heteroatoms. The number of nitrogens with zero attached hydrogens (tertiary/aromatic N) is 3. The predicted molar refractivity (Wildman–Crippen MR) is 80.1 cm³/mol. The van der Waals surface area contributed by atoms with Gasteiger partial charge in [0.2, 0.25) is 0 Å². The summed E-state index contributed by atoms with van der Waals surface area (Å²) in [5.41, 5.74) is 0. The Morgan fingerprint density at radius 1 is 1.16 bits per heavy atom. The van der Waals surface area contributed by atoms with E-state index < -0.39 is 0 Å². The fourth-order valence-electron chi connectivity index (χ4n) is 2.26. The number of aromatic nitrogens is 3. The summed E-state index contributed by atoms with van der Waals surface area (Å²) in [7, 11) is 0. The zero-order chi connectivity index (χ0) is 14.3. The highest BCUT2D eigenvalue weighted by atomic mass is 15.3. The summed E-state index contributed by atoms with van der Waals surface area (Å²) in [6.07, 6.45) is 5.13. The third-order valence-corrected chi connectivity index (χ3v) is 3.25. The van der Waals surface area contributed by atoms with E-state index in [0.29, 0.717) is 12.0 Å². The molecule has 0 amide bonds. The predicted octanol–water partition coefficient (Wildman–Crippen LogP) is 2.89. The second-order valence-corrected chi connectivity index (χ2v) is 6.18. The molecule has 0 saturated carbocycles. The standard InChI is InChI=1S/C15H30N4/c1-6-16-14(8-7-12(2)3)9-15-17-11-18-19(15)10-13(4)5/h11-14,16H,6-10H2,1-5H3. The van der Waals surface area contributed by atoms with E-state index in [9.17, 15) is 0 Å². The van der Waals surface area contributed by atoms with Crippen LogP contribution < -0.4 is 5.32 Å². The second kappa shape index (κ2) is 8.31. The molecule has 4 nitrogen and oxygen atoms in total. The molecule has 0 aliphatic rings. The summed E-state index contributed by atoms with van der Waals surface area (Å²) in [4.78, 5) is 4.43. The fraction of sp³-hybridized carbons (Fsp3) is 0.867. The number of hydrogen-bond acceptors (Lipinski definition) is 3. The monoisotopic (exact) mass is 266 g/mol. The Morgan fingerprint density at radius 3 is 2.47 bits per heavy atom. The lowest BCUT2D eigenvalue weighted by Crippen LogP contribution is -2.32. The molecule has 1 rings (SSSR count). The van der Waals surface area contributed by atoms with Gasteiger partial charge in [0, 0.05) is 19.0 Å². The average Bonchev–Trinajstić information content (AvgIpc) is 2.73. The Labute approximate surface area is 118 Å². The van der Waals surface area contributed by atoms with Gasteiger partial charge in [-0.15, -0.1) is 0 Å². The van der Waals surface area contributed by atoms with E-state index >= 15 is 0 Å². The van der Waals surface area contributed by atoms with Crippen molar-refractivity contribution in [3.63, 3.8) is 0 Å². The minimum absolute atomic E-state index is 0.516. The summed E-state index contributed by atoms with van der Waals surface area (Å²) in [5, 5.41) is 7.92. The third-order valence-electron chi connectivity index (χ3n) is 3.25.